The van der Waals surface area contributed by atoms with Crippen LogP contribution in [0.25, 0.3) is 11.0 Å². The number of fused-ring (bicyclic) bond motifs is 1. The van der Waals surface area contributed by atoms with Crippen LogP contribution in [0.3, 0.4) is 0 Å². The van der Waals surface area contributed by atoms with Crippen molar-refractivity contribution in [3.8, 4) is 0 Å². The summed E-state index contributed by atoms with van der Waals surface area (Å²) in [7, 11) is 0. The molecule has 0 fully saturated rings. The van der Waals surface area contributed by atoms with Crippen molar-refractivity contribution >= 4 is 34.0 Å². The highest BCUT2D eigenvalue weighted by Gasteiger charge is 2.29. The smallest absolute Gasteiger partial charge is 0.315 e. The van der Waals surface area contributed by atoms with Crippen LogP contribution in [0, 0.1) is 15.3 Å². The van der Waals surface area contributed by atoms with Gasteiger partial charge in [0.1, 0.15) is 5.02 Å². The topological polar surface area (TPSA) is 108 Å². The minimum Gasteiger partial charge on any atom is -0.372 e. The molecule has 112 valence electrons. The summed E-state index contributed by atoms with van der Waals surface area (Å²) in [6.45, 7) is 0.308. The molecular formula is C13H9ClN4O4. The third-order valence-electron chi connectivity index (χ3n) is 3.10. The maximum Gasteiger partial charge on any atom is 0.315 e. The van der Waals surface area contributed by atoms with Gasteiger partial charge in [0.05, 0.1) is 4.92 Å². The molecule has 0 unspecified atom stereocenters. The van der Waals surface area contributed by atoms with Gasteiger partial charge in [-0.2, -0.15) is 0 Å². The van der Waals surface area contributed by atoms with E-state index in [1.165, 1.54) is 0 Å². The van der Waals surface area contributed by atoms with Gasteiger partial charge < -0.3 is 10.5 Å². The highest BCUT2D eigenvalue weighted by atomic mass is 35.5. The zero-order chi connectivity index (χ0) is 15.7. The Hall–Kier alpha value is -2.87. The quantitative estimate of drug-likeness (QED) is 0.449. The Balaban J connectivity index is 2.09. The van der Waals surface area contributed by atoms with E-state index in [2.05, 4.69) is 15.1 Å². The van der Waals surface area contributed by atoms with Crippen molar-refractivity contribution in [2.24, 2.45) is 0 Å². The Bertz CT molecular complexity index is 850. The third kappa shape index (κ3) is 2.40. The largest absolute Gasteiger partial charge is 0.372 e. The summed E-state index contributed by atoms with van der Waals surface area (Å²) in [5.41, 5.74) is 0.685. The van der Waals surface area contributed by atoms with Crippen molar-refractivity contribution in [2.75, 3.05) is 5.32 Å². The second kappa shape index (κ2) is 5.49. The fourth-order valence-electron chi connectivity index (χ4n) is 2.10. The molecular weight excluding hydrogens is 312 g/mol. The van der Waals surface area contributed by atoms with Gasteiger partial charge in [-0.3, -0.25) is 14.7 Å². The van der Waals surface area contributed by atoms with Gasteiger partial charge in [0.15, 0.2) is 5.69 Å². The number of anilines is 1. The van der Waals surface area contributed by atoms with Crippen LogP contribution in [0.2, 0.25) is 5.02 Å². The number of nitrogens with one attached hydrogen (secondary N) is 1. The first-order chi connectivity index (χ1) is 10.6. The molecule has 2 aromatic carbocycles. The fraction of sp³-hybridized carbons (Fsp3) is 0.0769. The normalized spacial score (nSPS) is 10.8. The molecule has 0 bridgehead atoms. The lowest BCUT2D eigenvalue weighted by molar-refractivity contribution is -0.782. The molecule has 3 aromatic rings. The molecule has 3 rings (SSSR count). The number of nitrogens with zero attached hydrogens (tertiary/aromatic N) is 3. The minimum atomic E-state index is -0.626. The van der Waals surface area contributed by atoms with E-state index in [-0.39, 0.29) is 32.3 Å². The van der Waals surface area contributed by atoms with E-state index in [4.69, 9.17) is 11.6 Å². The molecule has 22 heavy (non-hydrogen) atoms. The van der Waals surface area contributed by atoms with Gasteiger partial charge in [-0.05, 0) is 10.5 Å². The van der Waals surface area contributed by atoms with Crippen LogP contribution in [0.1, 0.15) is 5.56 Å². The van der Waals surface area contributed by atoms with E-state index in [9.17, 15) is 15.3 Å². The molecule has 0 aliphatic carbocycles. The summed E-state index contributed by atoms with van der Waals surface area (Å²) in [4.78, 5) is 10.8. The fourth-order valence-corrected chi connectivity index (χ4v) is 2.37. The summed E-state index contributed by atoms with van der Waals surface area (Å²) >= 11 is 5.91. The summed E-state index contributed by atoms with van der Waals surface area (Å²) in [5.74, 6) is 0. The molecule has 0 radical (unpaired) electrons. The van der Waals surface area contributed by atoms with Crippen LogP contribution in [-0.4, -0.2) is 10.1 Å². The number of hydrogen-bond donors (Lipinski definition) is 1. The van der Waals surface area contributed by atoms with Gasteiger partial charge in [-0.15, -0.1) is 0 Å². The van der Waals surface area contributed by atoms with E-state index >= 15 is 0 Å². The Kier molecular flexibility index (Phi) is 3.51. The summed E-state index contributed by atoms with van der Waals surface area (Å²) in [6.07, 6.45) is 0. The molecule has 1 N–H and O–H groups in total. The number of nitro benzene ring substituents is 1. The van der Waals surface area contributed by atoms with Crippen molar-refractivity contribution in [1.82, 2.24) is 5.16 Å². The molecule has 9 heteroatoms. The van der Waals surface area contributed by atoms with E-state index in [1.54, 1.807) is 0 Å². The Morgan fingerprint density at radius 2 is 2.09 bits per heavy atom. The standard InChI is InChI=1S/C13H9ClN4O4/c14-9-6-10-11(16-22-18(10)21)12(13(9)17(19)20)15-7-8-4-2-1-3-5-8/h1-6,15H,7H2. The number of rotatable bonds is 4. The average Bonchev–Trinajstić information content (AvgIpc) is 2.86. The maximum absolute atomic E-state index is 11.5. The first kappa shape index (κ1) is 14.1. The zero-order valence-corrected chi connectivity index (χ0v) is 11.8. The average molecular weight is 321 g/mol. The third-order valence-corrected chi connectivity index (χ3v) is 3.39. The molecule has 8 nitrogen and oxygen atoms in total. The predicted octanol–water partition coefficient (Wildman–Crippen LogP) is 2.63. The molecule has 0 aliphatic rings. The summed E-state index contributed by atoms with van der Waals surface area (Å²) in [5, 5.41) is 29.0. The van der Waals surface area contributed by atoms with Gasteiger partial charge in [0.25, 0.3) is 5.52 Å². The lowest BCUT2D eigenvalue weighted by Gasteiger charge is -2.07. The Labute approximate surface area is 128 Å². The van der Waals surface area contributed by atoms with Crippen molar-refractivity contribution in [3.63, 3.8) is 0 Å². The second-order valence-corrected chi connectivity index (χ2v) is 4.88. The molecule has 0 atom stereocenters. The highest BCUT2D eigenvalue weighted by Crippen LogP contribution is 2.37. The van der Waals surface area contributed by atoms with E-state index in [0.717, 1.165) is 11.6 Å². The SMILES string of the molecule is O=[N+]([O-])c1c(Cl)cc2c(no[n+]2[O-])c1NCc1ccccc1. The van der Waals surface area contributed by atoms with Crippen molar-refractivity contribution < 1.29 is 14.5 Å². The van der Waals surface area contributed by atoms with Crippen LogP contribution < -0.4 is 10.2 Å². The van der Waals surface area contributed by atoms with Crippen LogP contribution in [0.4, 0.5) is 11.4 Å². The number of hydrogen-bond acceptors (Lipinski definition) is 6. The van der Waals surface area contributed by atoms with E-state index in [1.807, 2.05) is 30.3 Å². The van der Waals surface area contributed by atoms with Gasteiger partial charge >= 0.3 is 5.69 Å². The number of halogens is 1. The molecule has 0 saturated heterocycles. The molecule has 1 heterocycles. The number of nitro groups is 1. The molecule has 0 saturated carbocycles. The monoisotopic (exact) mass is 320 g/mol. The lowest BCUT2D eigenvalue weighted by Crippen LogP contribution is -2.22. The first-order valence-electron chi connectivity index (χ1n) is 6.22. The first-order valence-corrected chi connectivity index (χ1v) is 6.60. The maximum atomic E-state index is 11.5. The van der Waals surface area contributed by atoms with Crippen molar-refractivity contribution in [1.29, 1.82) is 0 Å². The van der Waals surface area contributed by atoms with Gasteiger partial charge in [0.2, 0.25) is 5.52 Å². The highest BCUT2D eigenvalue weighted by molar-refractivity contribution is 6.34. The molecule has 0 spiro atoms. The molecule has 0 amide bonds. The van der Waals surface area contributed by atoms with Crippen LogP contribution in [-0.2, 0) is 6.54 Å². The van der Waals surface area contributed by atoms with Gasteiger partial charge in [0, 0.05) is 17.8 Å². The number of aromatic nitrogens is 2. The van der Waals surface area contributed by atoms with Gasteiger partial charge in [-0.25, -0.2) is 0 Å². The Morgan fingerprint density at radius 3 is 2.77 bits per heavy atom. The van der Waals surface area contributed by atoms with Crippen LogP contribution in [0.5, 0.6) is 0 Å². The predicted molar refractivity (Wildman–Crippen MR) is 78.4 cm³/mol. The molecule has 0 aliphatic heterocycles. The van der Waals surface area contributed by atoms with Crippen LogP contribution in [0.15, 0.2) is 41.0 Å². The van der Waals surface area contributed by atoms with Crippen molar-refractivity contribution in [2.45, 2.75) is 6.54 Å². The lowest BCUT2D eigenvalue weighted by atomic mass is 10.2. The summed E-state index contributed by atoms with van der Waals surface area (Å²) < 4.78 is 4.49. The zero-order valence-electron chi connectivity index (χ0n) is 11.0. The van der Waals surface area contributed by atoms with Crippen molar-refractivity contribution in [3.05, 3.63) is 62.3 Å². The Morgan fingerprint density at radius 1 is 1.36 bits per heavy atom. The second-order valence-electron chi connectivity index (χ2n) is 4.48. The van der Waals surface area contributed by atoms with Crippen LogP contribution >= 0.6 is 11.6 Å². The minimum absolute atomic E-state index is 0.0196. The van der Waals surface area contributed by atoms with Gasteiger partial charge in [-0.1, -0.05) is 41.9 Å². The number of benzene rings is 2. The summed E-state index contributed by atoms with van der Waals surface area (Å²) in [6, 6.07) is 10.4. The molecule has 1 aromatic heterocycles. The van der Waals surface area contributed by atoms with E-state index in [0.29, 0.717) is 6.54 Å². The van der Waals surface area contributed by atoms with E-state index < -0.39 is 4.92 Å².